The number of carbonyl (C=O) groups excluding carboxylic acids is 1. The van der Waals surface area contributed by atoms with Crippen LogP contribution in [0.25, 0.3) is 0 Å². The fourth-order valence-corrected chi connectivity index (χ4v) is 1.36. The molecule has 17 heavy (non-hydrogen) atoms. The lowest BCUT2D eigenvalue weighted by atomic mass is 9.87. The Kier molecular flexibility index (Phi) is 2.91. The van der Waals surface area contributed by atoms with Gasteiger partial charge < -0.3 is 10.2 Å². The third-order valence-corrected chi connectivity index (χ3v) is 2.81. The molecule has 0 aromatic carbocycles. The van der Waals surface area contributed by atoms with E-state index in [4.69, 9.17) is 10.2 Å². The Hall–Kier alpha value is -1.43. The second kappa shape index (κ2) is 4.10. The molecule has 3 N–H and O–H groups in total. The molecule has 1 saturated carbocycles. The van der Waals surface area contributed by atoms with E-state index >= 15 is 0 Å². The molecule has 1 aromatic rings. The van der Waals surface area contributed by atoms with Crippen LogP contribution in [0, 0.1) is 5.41 Å². The number of nitrogens with zero attached hydrogens (tertiary/aromatic N) is 2. The Labute approximate surface area is 100.0 Å². The molecule has 0 aliphatic heterocycles. The van der Waals surface area contributed by atoms with Gasteiger partial charge >= 0.3 is 6.01 Å². The van der Waals surface area contributed by atoms with Gasteiger partial charge in [-0.25, -0.2) is 0 Å². The van der Waals surface area contributed by atoms with E-state index in [0.29, 0.717) is 11.8 Å². The Morgan fingerprint density at radius 3 is 2.65 bits per heavy atom. The van der Waals surface area contributed by atoms with Crippen LogP contribution in [-0.2, 0) is 4.79 Å². The lowest BCUT2D eigenvalue weighted by Gasteiger charge is -2.24. The minimum atomic E-state index is -0.612. The van der Waals surface area contributed by atoms with Gasteiger partial charge in [-0.3, -0.25) is 10.1 Å². The van der Waals surface area contributed by atoms with Crippen LogP contribution in [0.4, 0.5) is 6.01 Å². The van der Waals surface area contributed by atoms with E-state index in [1.54, 1.807) is 0 Å². The highest BCUT2D eigenvalue weighted by Crippen LogP contribution is 2.39. The molecule has 1 atom stereocenters. The zero-order valence-electron chi connectivity index (χ0n) is 10.4. The molecule has 0 unspecified atom stereocenters. The predicted molar refractivity (Wildman–Crippen MR) is 62.3 cm³/mol. The van der Waals surface area contributed by atoms with Crippen molar-refractivity contribution in [3.8, 4) is 0 Å². The molecule has 0 bridgehead atoms. The van der Waals surface area contributed by atoms with Crippen LogP contribution in [0.15, 0.2) is 4.42 Å². The van der Waals surface area contributed by atoms with Crippen molar-refractivity contribution in [1.82, 2.24) is 10.2 Å². The van der Waals surface area contributed by atoms with Gasteiger partial charge in [0, 0.05) is 5.92 Å². The van der Waals surface area contributed by atoms with Gasteiger partial charge in [0.1, 0.15) is 0 Å². The number of carbonyl (C=O) groups is 1. The standard InChI is InChI=1S/C11H18N4O2/c1-11(2,3)7(12)8(16)13-10-15-14-9(17-10)6-4-5-6/h6-7H,4-5,12H2,1-3H3,(H,13,15,16)/t7-/m0/s1. The van der Waals surface area contributed by atoms with Gasteiger partial charge in [0.15, 0.2) is 0 Å². The van der Waals surface area contributed by atoms with Crippen LogP contribution in [0.2, 0.25) is 0 Å². The van der Waals surface area contributed by atoms with Gasteiger partial charge in [-0.1, -0.05) is 25.9 Å². The normalized spacial score (nSPS) is 17.9. The zero-order valence-corrected chi connectivity index (χ0v) is 10.4. The van der Waals surface area contributed by atoms with E-state index in [0.717, 1.165) is 12.8 Å². The number of hydrogen-bond donors (Lipinski definition) is 2. The van der Waals surface area contributed by atoms with E-state index in [2.05, 4.69) is 15.5 Å². The quantitative estimate of drug-likeness (QED) is 0.826. The molecule has 0 saturated heterocycles. The topological polar surface area (TPSA) is 94.0 Å². The first kappa shape index (κ1) is 12.0. The summed E-state index contributed by atoms with van der Waals surface area (Å²) in [6.07, 6.45) is 2.16. The molecular formula is C11H18N4O2. The maximum atomic E-state index is 11.8. The second-order valence-corrected chi connectivity index (χ2v) is 5.55. The number of amides is 1. The van der Waals surface area contributed by atoms with E-state index in [1.165, 1.54) is 0 Å². The van der Waals surface area contributed by atoms with Crippen molar-refractivity contribution in [2.75, 3.05) is 5.32 Å². The highest BCUT2D eigenvalue weighted by atomic mass is 16.4. The Bertz CT molecular complexity index is 417. The van der Waals surface area contributed by atoms with Crippen LogP contribution in [0.1, 0.15) is 45.4 Å². The van der Waals surface area contributed by atoms with Crippen molar-refractivity contribution in [1.29, 1.82) is 0 Å². The predicted octanol–water partition coefficient (Wildman–Crippen LogP) is 1.26. The van der Waals surface area contributed by atoms with Crippen molar-refractivity contribution < 1.29 is 9.21 Å². The van der Waals surface area contributed by atoms with Crippen molar-refractivity contribution in [3.63, 3.8) is 0 Å². The molecule has 1 fully saturated rings. The molecule has 0 radical (unpaired) electrons. The highest BCUT2D eigenvalue weighted by Gasteiger charge is 2.31. The molecule has 2 rings (SSSR count). The number of hydrogen-bond acceptors (Lipinski definition) is 5. The van der Waals surface area contributed by atoms with Crippen molar-refractivity contribution >= 4 is 11.9 Å². The minimum Gasteiger partial charge on any atom is -0.408 e. The fraction of sp³-hybridized carbons (Fsp3) is 0.727. The number of rotatable bonds is 3. The van der Waals surface area contributed by atoms with Crippen molar-refractivity contribution in [2.45, 2.75) is 45.6 Å². The average molecular weight is 238 g/mol. The maximum absolute atomic E-state index is 11.8. The largest absolute Gasteiger partial charge is 0.408 e. The Morgan fingerprint density at radius 2 is 2.12 bits per heavy atom. The molecular weight excluding hydrogens is 220 g/mol. The first-order chi connectivity index (χ1) is 7.88. The van der Waals surface area contributed by atoms with Gasteiger partial charge in [-0.05, 0) is 18.3 Å². The summed E-state index contributed by atoms with van der Waals surface area (Å²) in [4.78, 5) is 11.8. The highest BCUT2D eigenvalue weighted by molar-refractivity contribution is 5.93. The first-order valence-corrected chi connectivity index (χ1v) is 5.78. The summed E-state index contributed by atoms with van der Waals surface area (Å²) in [7, 11) is 0. The van der Waals surface area contributed by atoms with E-state index in [9.17, 15) is 4.79 Å². The van der Waals surface area contributed by atoms with Gasteiger partial charge in [-0.2, -0.15) is 0 Å². The molecule has 1 aliphatic carbocycles. The monoisotopic (exact) mass is 238 g/mol. The summed E-state index contributed by atoms with van der Waals surface area (Å²) in [5.41, 5.74) is 5.52. The summed E-state index contributed by atoms with van der Waals surface area (Å²) >= 11 is 0. The summed E-state index contributed by atoms with van der Waals surface area (Å²) in [6, 6.07) is -0.477. The number of anilines is 1. The first-order valence-electron chi connectivity index (χ1n) is 5.78. The summed E-state index contributed by atoms with van der Waals surface area (Å²) < 4.78 is 5.33. The van der Waals surface area contributed by atoms with Gasteiger partial charge in [0.25, 0.3) is 0 Å². The van der Waals surface area contributed by atoms with E-state index < -0.39 is 6.04 Å². The second-order valence-electron chi connectivity index (χ2n) is 5.55. The molecule has 1 heterocycles. The van der Waals surface area contributed by atoms with Crippen molar-refractivity contribution in [2.24, 2.45) is 11.1 Å². The van der Waals surface area contributed by atoms with Crippen LogP contribution < -0.4 is 11.1 Å². The fourth-order valence-electron chi connectivity index (χ4n) is 1.36. The van der Waals surface area contributed by atoms with E-state index in [-0.39, 0.29) is 17.3 Å². The Morgan fingerprint density at radius 1 is 1.47 bits per heavy atom. The van der Waals surface area contributed by atoms with Gasteiger partial charge in [0.05, 0.1) is 6.04 Å². The lowest BCUT2D eigenvalue weighted by molar-refractivity contribution is -0.119. The van der Waals surface area contributed by atoms with Crippen LogP contribution in [0.3, 0.4) is 0 Å². The number of nitrogens with two attached hydrogens (primary N) is 1. The van der Waals surface area contributed by atoms with Crippen LogP contribution >= 0.6 is 0 Å². The third-order valence-electron chi connectivity index (χ3n) is 2.81. The molecule has 6 nitrogen and oxygen atoms in total. The van der Waals surface area contributed by atoms with E-state index in [1.807, 2.05) is 20.8 Å². The number of nitrogens with one attached hydrogen (secondary N) is 1. The van der Waals surface area contributed by atoms with Gasteiger partial charge in [0.2, 0.25) is 11.8 Å². The Balaban J connectivity index is 1.97. The van der Waals surface area contributed by atoms with Crippen molar-refractivity contribution in [3.05, 3.63) is 5.89 Å². The molecule has 0 spiro atoms. The molecule has 1 amide bonds. The summed E-state index contributed by atoms with van der Waals surface area (Å²) in [6.45, 7) is 5.71. The molecule has 1 aliphatic rings. The SMILES string of the molecule is CC(C)(C)[C@@H](N)C(=O)Nc1nnc(C2CC2)o1. The smallest absolute Gasteiger partial charge is 0.322 e. The molecule has 94 valence electrons. The molecule has 6 heteroatoms. The zero-order chi connectivity index (χ0) is 12.6. The van der Waals surface area contributed by atoms with Crippen LogP contribution in [-0.4, -0.2) is 22.1 Å². The van der Waals surface area contributed by atoms with Gasteiger partial charge in [-0.15, -0.1) is 5.10 Å². The summed E-state index contributed by atoms with van der Waals surface area (Å²) in [5, 5.41) is 10.2. The minimum absolute atomic E-state index is 0.136. The average Bonchev–Trinajstić information content (AvgIpc) is 2.98. The lowest BCUT2D eigenvalue weighted by Crippen LogP contribution is -2.45. The maximum Gasteiger partial charge on any atom is 0.322 e. The third kappa shape index (κ3) is 2.82. The number of aromatic nitrogens is 2. The summed E-state index contributed by atoms with van der Waals surface area (Å²) in [5.74, 6) is 0.678. The molecule has 1 aromatic heterocycles. The van der Waals surface area contributed by atoms with Crippen LogP contribution in [0.5, 0.6) is 0 Å².